The number of rotatable bonds is 10. The van der Waals surface area contributed by atoms with Crippen molar-refractivity contribution in [2.24, 2.45) is 5.92 Å². The fraction of sp³-hybridized carbons (Fsp3) is 0.421. The Labute approximate surface area is 274 Å². The highest BCUT2D eigenvalue weighted by atomic mass is 16.2. The summed E-state index contributed by atoms with van der Waals surface area (Å²) < 4.78 is 0. The van der Waals surface area contributed by atoms with E-state index in [1.807, 2.05) is 82.1 Å². The summed E-state index contributed by atoms with van der Waals surface area (Å²) in [4.78, 5) is 37.9. The van der Waals surface area contributed by atoms with Crippen molar-refractivity contribution < 1.29 is 9.59 Å². The average molecular weight is 626 g/mol. The monoisotopic (exact) mass is 625 g/mol. The third-order valence-corrected chi connectivity index (χ3v) is 8.11. The van der Waals surface area contributed by atoms with E-state index < -0.39 is 0 Å². The van der Waals surface area contributed by atoms with Crippen LogP contribution in [0.2, 0.25) is 0 Å². The van der Waals surface area contributed by atoms with Crippen LogP contribution in [0, 0.1) is 5.92 Å². The molecule has 0 spiro atoms. The third-order valence-electron chi connectivity index (χ3n) is 8.11. The van der Waals surface area contributed by atoms with Gasteiger partial charge in [0.2, 0.25) is 0 Å². The maximum atomic E-state index is 13.2. The number of carbonyl (C=O) groups is 2. The summed E-state index contributed by atoms with van der Waals surface area (Å²) in [6.07, 6.45) is 1.86. The lowest BCUT2D eigenvalue weighted by Gasteiger charge is -2.35. The van der Waals surface area contributed by atoms with E-state index in [9.17, 15) is 14.4 Å². The summed E-state index contributed by atoms with van der Waals surface area (Å²) in [5.41, 5.74) is 5.59. The Morgan fingerprint density at radius 1 is 0.913 bits per heavy atom. The van der Waals surface area contributed by atoms with E-state index in [1.54, 1.807) is 6.92 Å². The Hall–Kier alpha value is -4.30. The smallest absolute Gasteiger partial charge is 0.272 e. The third kappa shape index (κ3) is 8.49. The first kappa shape index (κ1) is 36.2. The molecule has 0 radical (unpaired) electrons. The number of ketones is 1. The highest BCUT2D eigenvalue weighted by Crippen LogP contribution is 2.46. The van der Waals surface area contributed by atoms with Gasteiger partial charge in [0.1, 0.15) is 5.78 Å². The number of nitrogens with zero attached hydrogens (tertiary/aromatic N) is 2. The van der Waals surface area contributed by atoms with Crippen molar-refractivity contribution in [3.8, 4) is 0 Å². The minimum Gasteiger partial charge on any atom is -0.377 e. The van der Waals surface area contributed by atoms with E-state index in [2.05, 4.69) is 58.9 Å². The van der Waals surface area contributed by atoms with Gasteiger partial charge in [-0.25, -0.2) is 5.10 Å². The number of carbonyl (C=O) groups excluding carboxylic acids is 2. The van der Waals surface area contributed by atoms with Crippen LogP contribution in [0.4, 0.5) is 5.69 Å². The molecule has 1 amide bonds. The molecule has 2 atom stereocenters. The molecular formula is C38H51N5O3. The predicted molar refractivity (Wildman–Crippen MR) is 190 cm³/mol. The van der Waals surface area contributed by atoms with Crippen molar-refractivity contribution >= 4 is 28.2 Å². The van der Waals surface area contributed by atoms with Crippen molar-refractivity contribution in [3.63, 3.8) is 0 Å². The van der Waals surface area contributed by atoms with Crippen LogP contribution in [0.25, 0.3) is 10.8 Å². The van der Waals surface area contributed by atoms with Gasteiger partial charge in [0.15, 0.2) is 0 Å². The first-order valence-corrected chi connectivity index (χ1v) is 16.6. The summed E-state index contributed by atoms with van der Waals surface area (Å²) in [5.74, 6) is 0.375. The quantitative estimate of drug-likeness (QED) is 0.169. The van der Waals surface area contributed by atoms with Crippen molar-refractivity contribution in [1.82, 2.24) is 20.4 Å². The molecule has 2 unspecified atom stereocenters. The van der Waals surface area contributed by atoms with Gasteiger partial charge in [-0.15, -0.1) is 0 Å². The van der Waals surface area contributed by atoms with Crippen molar-refractivity contribution in [3.05, 3.63) is 105 Å². The minimum atomic E-state index is -0.200. The van der Waals surface area contributed by atoms with E-state index in [4.69, 9.17) is 0 Å². The molecule has 2 heterocycles. The van der Waals surface area contributed by atoms with Crippen molar-refractivity contribution in [1.29, 1.82) is 0 Å². The summed E-state index contributed by atoms with van der Waals surface area (Å²) in [5, 5.41) is 15.7. The molecule has 246 valence electrons. The second kappa shape index (κ2) is 17.4. The number of anilines is 1. The Kier molecular flexibility index (Phi) is 13.7. The highest BCUT2D eigenvalue weighted by molar-refractivity contribution is 5.97. The van der Waals surface area contributed by atoms with E-state index in [0.717, 1.165) is 60.4 Å². The lowest BCUT2D eigenvalue weighted by Crippen LogP contribution is -2.32. The van der Waals surface area contributed by atoms with E-state index in [0.29, 0.717) is 10.9 Å². The fourth-order valence-corrected chi connectivity index (χ4v) is 5.54. The molecular weight excluding hydrogens is 574 g/mol. The topological polar surface area (TPSA) is 107 Å². The number of H-pyrrole nitrogens is 1. The zero-order valence-electron chi connectivity index (χ0n) is 28.7. The maximum Gasteiger partial charge on any atom is 0.272 e. The standard InChI is InChI=1S/C31H35N5O2.C5H10O.C2H6/c1-4-17-36(18-5-2)31(38)23-15-13-21(14-16-23)26-28(22-11-9-20(10-12-22)19-32-3)33-25-8-6-7-24-27(25)29(26)34-35-30(24)37;1-4(2)5(3)6;1-2/h6-16,26,28,32-33H,4-5,17-19H2,1-3H3,(H,35,37);4H,1-3H3;1-2H3. The molecule has 5 rings (SSSR count). The Morgan fingerprint density at radius 2 is 1.50 bits per heavy atom. The second-order valence-electron chi connectivity index (χ2n) is 11.7. The van der Waals surface area contributed by atoms with Gasteiger partial charge in [0.05, 0.1) is 23.0 Å². The van der Waals surface area contributed by atoms with Crippen molar-refractivity contribution in [2.45, 2.75) is 79.8 Å². The molecule has 0 saturated heterocycles. The number of aromatic nitrogens is 2. The predicted octanol–water partition coefficient (Wildman–Crippen LogP) is 7.46. The Morgan fingerprint density at radius 3 is 2.04 bits per heavy atom. The fourth-order valence-electron chi connectivity index (χ4n) is 5.54. The summed E-state index contributed by atoms with van der Waals surface area (Å²) in [6, 6.07) is 22.1. The zero-order chi connectivity index (χ0) is 33.8. The molecule has 0 fully saturated rings. The first-order chi connectivity index (χ1) is 22.2. The zero-order valence-corrected chi connectivity index (χ0v) is 28.7. The molecule has 3 N–H and O–H groups in total. The summed E-state index contributed by atoms with van der Waals surface area (Å²) >= 11 is 0. The number of Topliss-reactive ketones (excluding diaryl/α,β-unsaturated/α-hetero) is 1. The molecule has 46 heavy (non-hydrogen) atoms. The number of aromatic amines is 1. The lowest BCUT2D eigenvalue weighted by molar-refractivity contribution is -0.119. The van der Waals surface area contributed by atoms with E-state index in [1.165, 1.54) is 5.56 Å². The molecule has 0 aliphatic carbocycles. The van der Waals surface area contributed by atoms with E-state index >= 15 is 0 Å². The molecule has 4 aromatic rings. The Bertz CT molecular complexity index is 1620. The van der Waals surface area contributed by atoms with Crippen LogP contribution in [-0.4, -0.2) is 46.9 Å². The van der Waals surface area contributed by atoms with Crippen molar-refractivity contribution in [2.75, 3.05) is 25.5 Å². The summed E-state index contributed by atoms with van der Waals surface area (Å²) in [7, 11) is 1.94. The molecule has 3 aromatic carbocycles. The second-order valence-corrected chi connectivity index (χ2v) is 11.7. The average Bonchev–Trinajstić information content (AvgIpc) is 3.07. The molecule has 8 heteroatoms. The van der Waals surface area contributed by atoms with Gasteiger partial charge in [-0.3, -0.25) is 14.4 Å². The normalized spacial score (nSPS) is 14.8. The number of hydrogen-bond acceptors (Lipinski definition) is 6. The van der Waals surface area contributed by atoms with E-state index in [-0.39, 0.29) is 35.1 Å². The molecule has 1 aromatic heterocycles. The molecule has 0 bridgehead atoms. The molecule has 1 aliphatic rings. The van der Waals surface area contributed by atoms with Crippen LogP contribution in [0.5, 0.6) is 0 Å². The number of amides is 1. The molecule has 1 aliphatic heterocycles. The van der Waals surface area contributed by atoms with Crippen LogP contribution >= 0.6 is 0 Å². The molecule has 0 saturated carbocycles. The maximum absolute atomic E-state index is 13.2. The summed E-state index contributed by atoms with van der Waals surface area (Å²) in [6.45, 7) is 15.9. The van der Waals surface area contributed by atoms with Crippen LogP contribution in [0.1, 0.15) is 106 Å². The largest absolute Gasteiger partial charge is 0.377 e. The SMILES string of the molecule is CC.CC(=O)C(C)C.CCCN(CCC)C(=O)c1ccc(C2c3n[nH]c(=O)c4cccc(c34)NC2c2ccc(CNC)cc2)cc1. The number of benzene rings is 3. The molecule has 8 nitrogen and oxygen atoms in total. The highest BCUT2D eigenvalue weighted by Gasteiger charge is 2.35. The van der Waals surface area contributed by atoms with Gasteiger partial charge >= 0.3 is 0 Å². The van der Waals surface area contributed by atoms with Crippen LogP contribution in [0.15, 0.2) is 71.5 Å². The first-order valence-electron chi connectivity index (χ1n) is 16.6. The number of hydrogen-bond donors (Lipinski definition) is 3. The van der Waals surface area contributed by atoms with Gasteiger partial charge in [-0.05, 0) is 67.8 Å². The van der Waals surface area contributed by atoms with Gasteiger partial charge < -0.3 is 15.5 Å². The van der Waals surface area contributed by atoms with Gasteiger partial charge in [-0.2, -0.15) is 5.10 Å². The Balaban J connectivity index is 0.000000648. The van der Waals surface area contributed by atoms with Crippen LogP contribution < -0.4 is 16.2 Å². The van der Waals surface area contributed by atoms with Crippen LogP contribution in [-0.2, 0) is 11.3 Å². The number of nitrogens with one attached hydrogen (secondary N) is 3. The lowest BCUT2D eigenvalue weighted by atomic mass is 9.79. The van der Waals surface area contributed by atoms with Gasteiger partial charge in [-0.1, -0.05) is 84.0 Å². The van der Waals surface area contributed by atoms with Crippen LogP contribution in [0.3, 0.4) is 0 Å². The van der Waals surface area contributed by atoms with Gasteiger partial charge in [0, 0.05) is 42.2 Å². The van der Waals surface area contributed by atoms with Gasteiger partial charge in [0.25, 0.3) is 11.5 Å². The minimum absolute atomic E-state index is 0.0635.